The average Bonchev–Trinajstić information content (AvgIpc) is 3.32. The van der Waals surface area contributed by atoms with Gasteiger partial charge in [-0.25, -0.2) is 4.79 Å². The van der Waals surface area contributed by atoms with E-state index >= 15 is 0 Å². The molecule has 0 atom stereocenters. The van der Waals surface area contributed by atoms with E-state index in [1.54, 1.807) is 6.92 Å². The maximum Gasteiger partial charge on any atom is 0.374 e. The third kappa shape index (κ3) is 3.66. The number of nitrogens with zero attached hydrogens (tertiary/aromatic N) is 2. The van der Waals surface area contributed by atoms with Gasteiger partial charge in [-0.2, -0.15) is 0 Å². The van der Waals surface area contributed by atoms with Gasteiger partial charge in [0.2, 0.25) is 11.7 Å². The molecule has 4 aromatic rings. The van der Waals surface area contributed by atoms with Gasteiger partial charge in [0.05, 0.1) is 6.61 Å². The summed E-state index contributed by atoms with van der Waals surface area (Å²) in [4.78, 5) is 12.3. The minimum Gasteiger partial charge on any atom is -0.460 e. The molecule has 2 aromatic heterocycles. The molecule has 0 radical (unpaired) electrons. The molecular weight excluding hydrogens is 376 g/mol. The molecule has 0 fully saturated rings. The highest BCUT2D eigenvalue weighted by Crippen LogP contribution is 2.33. The highest BCUT2D eigenvalue weighted by molar-refractivity contribution is 7.98. The van der Waals surface area contributed by atoms with E-state index in [-0.39, 0.29) is 12.4 Å². The topological polar surface area (TPSA) is 78.4 Å². The van der Waals surface area contributed by atoms with Crippen molar-refractivity contribution in [3.05, 3.63) is 65.4 Å². The lowest BCUT2D eigenvalue weighted by molar-refractivity contribution is 0.0491. The monoisotopic (exact) mass is 394 g/mol. The van der Waals surface area contributed by atoms with Crippen molar-refractivity contribution in [1.82, 2.24) is 10.2 Å². The number of hydrogen-bond donors (Lipinski definition) is 0. The smallest absolute Gasteiger partial charge is 0.374 e. The van der Waals surface area contributed by atoms with Crippen molar-refractivity contribution in [2.75, 3.05) is 6.61 Å². The molecule has 28 heavy (non-hydrogen) atoms. The maximum atomic E-state index is 12.3. The lowest BCUT2D eigenvalue weighted by Gasteiger charge is -2.01. The first-order chi connectivity index (χ1) is 13.7. The molecule has 0 unspecified atom stereocenters. The normalized spacial score (nSPS) is 11.1. The molecule has 0 saturated carbocycles. The summed E-state index contributed by atoms with van der Waals surface area (Å²) in [7, 11) is 0. The number of rotatable bonds is 6. The van der Waals surface area contributed by atoms with Crippen molar-refractivity contribution in [3.63, 3.8) is 0 Å². The van der Waals surface area contributed by atoms with E-state index in [0.29, 0.717) is 22.4 Å². The van der Waals surface area contributed by atoms with Crippen molar-refractivity contribution < 1.29 is 18.4 Å². The van der Waals surface area contributed by atoms with Crippen LogP contribution in [0.2, 0.25) is 0 Å². The van der Waals surface area contributed by atoms with Crippen molar-refractivity contribution in [2.45, 2.75) is 24.8 Å². The van der Waals surface area contributed by atoms with Crippen LogP contribution in [0.4, 0.5) is 0 Å². The van der Waals surface area contributed by atoms with Gasteiger partial charge in [-0.05, 0) is 32.0 Å². The SMILES string of the molecule is CCOC(=O)c1oc2ccccc2c1CSc1nnc(-c2ccc(C)cc2)o1. The average molecular weight is 394 g/mol. The van der Waals surface area contributed by atoms with E-state index < -0.39 is 5.97 Å². The molecule has 142 valence electrons. The predicted octanol–water partition coefficient (Wildman–Crippen LogP) is 5.26. The highest BCUT2D eigenvalue weighted by atomic mass is 32.2. The number of aryl methyl sites for hydroxylation is 1. The van der Waals surface area contributed by atoms with E-state index in [1.807, 2.05) is 55.5 Å². The Morgan fingerprint density at radius 3 is 2.64 bits per heavy atom. The number of benzene rings is 2. The molecule has 0 amide bonds. The Labute approximate surface area is 165 Å². The first kappa shape index (κ1) is 18.3. The van der Waals surface area contributed by atoms with Gasteiger partial charge in [0.25, 0.3) is 5.22 Å². The predicted molar refractivity (Wildman–Crippen MR) is 106 cm³/mol. The summed E-state index contributed by atoms with van der Waals surface area (Å²) in [6.07, 6.45) is 0. The fourth-order valence-electron chi connectivity index (χ4n) is 2.82. The maximum absolute atomic E-state index is 12.3. The Morgan fingerprint density at radius 2 is 1.86 bits per heavy atom. The van der Waals surface area contributed by atoms with Crippen LogP contribution in [0.3, 0.4) is 0 Å². The first-order valence-corrected chi connectivity index (χ1v) is 9.85. The summed E-state index contributed by atoms with van der Waals surface area (Å²) in [6, 6.07) is 15.4. The van der Waals surface area contributed by atoms with Crippen LogP contribution in [0.5, 0.6) is 0 Å². The van der Waals surface area contributed by atoms with Gasteiger partial charge < -0.3 is 13.6 Å². The number of furan rings is 1. The van der Waals surface area contributed by atoms with E-state index in [0.717, 1.165) is 22.1 Å². The molecule has 0 spiro atoms. The third-order valence-corrected chi connectivity index (χ3v) is 5.05. The fourth-order valence-corrected chi connectivity index (χ4v) is 3.61. The van der Waals surface area contributed by atoms with Crippen LogP contribution in [-0.4, -0.2) is 22.8 Å². The molecule has 0 aliphatic carbocycles. The van der Waals surface area contributed by atoms with Gasteiger partial charge in [-0.3, -0.25) is 0 Å². The second-order valence-corrected chi connectivity index (χ2v) is 7.08. The zero-order chi connectivity index (χ0) is 19.5. The highest BCUT2D eigenvalue weighted by Gasteiger charge is 2.22. The molecule has 0 bridgehead atoms. The van der Waals surface area contributed by atoms with Crippen molar-refractivity contribution >= 4 is 28.7 Å². The van der Waals surface area contributed by atoms with Crippen LogP contribution < -0.4 is 0 Å². The van der Waals surface area contributed by atoms with Crippen molar-refractivity contribution in [2.24, 2.45) is 0 Å². The quantitative estimate of drug-likeness (QED) is 0.326. The Morgan fingerprint density at radius 1 is 1.07 bits per heavy atom. The number of ether oxygens (including phenoxy) is 1. The number of carbonyl (C=O) groups excluding carboxylic acids is 1. The minimum atomic E-state index is -0.472. The number of fused-ring (bicyclic) bond motifs is 1. The first-order valence-electron chi connectivity index (χ1n) is 8.86. The third-order valence-electron chi connectivity index (χ3n) is 4.20. The second-order valence-electron chi connectivity index (χ2n) is 6.15. The minimum absolute atomic E-state index is 0.217. The molecular formula is C21H18N2O4S. The van der Waals surface area contributed by atoms with Crippen LogP contribution in [0.25, 0.3) is 22.4 Å². The number of thioether (sulfide) groups is 1. The molecule has 6 nitrogen and oxygen atoms in total. The van der Waals surface area contributed by atoms with Crippen molar-refractivity contribution in [3.8, 4) is 11.5 Å². The van der Waals surface area contributed by atoms with Gasteiger partial charge in [-0.1, -0.05) is 47.7 Å². The van der Waals surface area contributed by atoms with E-state index in [2.05, 4.69) is 10.2 Å². The molecule has 0 N–H and O–H groups in total. The van der Waals surface area contributed by atoms with Gasteiger partial charge in [-0.15, -0.1) is 10.2 Å². The summed E-state index contributed by atoms with van der Waals surface area (Å²) in [6.45, 7) is 4.07. The number of aromatic nitrogens is 2. The fraction of sp³-hybridized carbons (Fsp3) is 0.190. The summed E-state index contributed by atoms with van der Waals surface area (Å²) in [5, 5.41) is 9.52. The second kappa shape index (κ2) is 7.90. The lowest BCUT2D eigenvalue weighted by atomic mass is 10.1. The Bertz CT molecular complexity index is 1120. The number of hydrogen-bond acceptors (Lipinski definition) is 7. The number of carbonyl (C=O) groups is 1. The molecule has 0 saturated heterocycles. The summed E-state index contributed by atoms with van der Waals surface area (Å²) in [5.74, 6) is 0.653. The lowest BCUT2D eigenvalue weighted by Crippen LogP contribution is -2.05. The molecule has 2 aromatic carbocycles. The van der Waals surface area contributed by atoms with E-state index in [4.69, 9.17) is 13.6 Å². The summed E-state index contributed by atoms with van der Waals surface area (Å²) < 4.78 is 16.6. The zero-order valence-electron chi connectivity index (χ0n) is 15.5. The number of para-hydroxylation sites is 1. The van der Waals surface area contributed by atoms with Crippen LogP contribution >= 0.6 is 11.8 Å². The summed E-state index contributed by atoms with van der Waals surface area (Å²) >= 11 is 1.35. The Hall–Kier alpha value is -3.06. The summed E-state index contributed by atoms with van der Waals surface area (Å²) in [5.41, 5.74) is 3.43. The molecule has 2 heterocycles. The molecule has 0 aliphatic rings. The van der Waals surface area contributed by atoms with E-state index in [9.17, 15) is 4.79 Å². The van der Waals surface area contributed by atoms with Crippen LogP contribution in [0.15, 0.2) is 62.6 Å². The number of esters is 1. The standard InChI is InChI=1S/C21H18N2O4S/c1-3-25-20(24)18-16(15-6-4-5-7-17(15)26-18)12-28-21-23-22-19(27-21)14-10-8-13(2)9-11-14/h4-11H,3,12H2,1-2H3. The van der Waals surface area contributed by atoms with Gasteiger partial charge in [0, 0.05) is 22.3 Å². The largest absolute Gasteiger partial charge is 0.460 e. The van der Waals surface area contributed by atoms with Crippen molar-refractivity contribution in [1.29, 1.82) is 0 Å². The molecule has 0 aliphatic heterocycles. The van der Waals surface area contributed by atoms with Gasteiger partial charge >= 0.3 is 5.97 Å². The van der Waals surface area contributed by atoms with Gasteiger partial charge in [0.1, 0.15) is 5.58 Å². The Balaban J connectivity index is 1.58. The van der Waals surface area contributed by atoms with Crippen LogP contribution in [0, 0.1) is 6.92 Å². The Kier molecular flexibility index (Phi) is 5.16. The van der Waals surface area contributed by atoms with Crippen LogP contribution in [-0.2, 0) is 10.5 Å². The van der Waals surface area contributed by atoms with Gasteiger partial charge in [0.15, 0.2) is 0 Å². The van der Waals surface area contributed by atoms with Crippen LogP contribution in [0.1, 0.15) is 28.6 Å². The molecule has 7 heteroatoms. The zero-order valence-corrected chi connectivity index (χ0v) is 16.3. The van der Waals surface area contributed by atoms with E-state index in [1.165, 1.54) is 11.8 Å². The molecule has 4 rings (SSSR count).